The molecule has 35 heavy (non-hydrogen) atoms. The van der Waals surface area contributed by atoms with Gasteiger partial charge in [0.25, 0.3) is 5.91 Å². The molecule has 0 saturated carbocycles. The van der Waals surface area contributed by atoms with Crippen molar-refractivity contribution in [1.82, 2.24) is 24.6 Å². The Balaban J connectivity index is 1.55. The van der Waals surface area contributed by atoms with Crippen LogP contribution >= 0.6 is 0 Å². The molecule has 0 atom stereocenters. The molecule has 0 fully saturated rings. The number of nitrogen functional groups attached to an aromatic ring is 1. The molecule has 174 valence electrons. The van der Waals surface area contributed by atoms with Gasteiger partial charge in [-0.3, -0.25) is 4.79 Å². The van der Waals surface area contributed by atoms with Gasteiger partial charge < -0.3 is 21.1 Å². The minimum Gasteiger partial charge on any atom is -0.454 e. The molecular weight excluding hydrogens is 449 g/mol. The number of rotatable bonds is 6. The minimum atomic E-state index is -0.619. The first-order valence-corrected chi connectivity index (χ1v) is 10.6. The van der Waals surface area contributed by atoms with Gasteiger partial charge in [0.2, 0.25) is 0 Å². The Bertz CT molecular complexity index is 1510. The number of para-hydroxylation sites is 1. The molecular formula is C25H20FN7O2. The van der Waals surface area contributed by atoms with Crippen molar-refractivity contribution in [3.63, 3.8) is 0 Å². The summed E-state index contributed by atoms with van der Waals surface area (Å²) in [4.78, 5) is 22.3. The molecule has 0 spiro atoms. The molecule has 3 heterocycles. The normalized spacial score (nSPS) is 13.4. The summed E-state index contributed by atoms with van der Waals surface area (Å²) >= 11 is 0. The zero-order chi connectivity index (χ0) is 24.4. The average molecular weight is 469 g/mol. The van der Waals surface area contributed by atoms with Gasteiger partial charge >= 0.3 is 0 Å². The highest BCUT2D eigenvalue weighted by atomic mass is 19.1. The molecule has 10 heteroatoms. The highest BCUT2D eigenvalue weighted by Crippen LogP contribution is 2.32. The van der Waals surface area contributed by atoms with E-state index in [1.165, 1.54) is 23.3 Å². The van der Waals surface area contributed by atoms with Crippen molar-refractivity contribution < 1.29 is 13.9 Å². The number of hydrogen-bond acceptors (Lipinski definition) is 7. The number of aromatic nitrogens is 4. The molecule has 5 rings (SSSR count). The van der Waals surface area contributed by atoms with Gasteiger partial charge in [0.05, 0.1) is 11.6 Å². The Morgan fingerprint density at radius 2 is 1.89 bits per heavy atom. The second-order valence-corrected chi connectivity index (χ2v) is 7.61. The largest absolute Gasteiger partial charge is 0.454 e. The number of nitrogens with two attached hydrogens (primary N) is 2. The fourth-order valence-electron chi connectivity index (χ4n) is 3.66. The van der Waals surface area contributed by atoms with Gasteiger partial charge in [0.15, 0.2) is 17.2 Å². The van der Waals surface area contributed by atoms with Gasteiger partial charge in [-0.25, -0.2) is 19.0 Å². The molecule has 0 saturated heterocycles. The molecule has 4 N–H and O–H groups in total. The smallest absolute Gasteiger partial charge is 0.266 e. The number of fused-ring (bicyclic) bond motifs is 1. The number of anilines is 1. The lowest BCUT2D eigenvalue weighted by Gasteiger charge is -2.21. The van der Waals surface area contributed by atoms with E-state index in [1.54, 1.807) is 59.6 Å². The van der Waals surface area contributed by atoms with E-state index < -0.39 is 11.7 Å². The van der Waals surface area contributed by atoms with Crippen LogP contribution in [0.5, 0.6) is 11.5 Å². The maximum atomic E-state index is 13.9. The monoisotopic (exact) mass is 469 g/mol. The Morgan fingerprint density at radius 3 is 2.60 bits per heavy atom. The van der Waals surface area contributed by atoms with Crippen molar-refractivity contribution in [2.45, 2.75) is 0 Å². The van der Waals surface area contributed by atoms with Crippen molar-refractivity contribution in [1.29, 1.82) is 0 Å². The molecule has 2 aromatic heterocycles. The van der Waals surface area contributed by atoms with Crippen molar-refractivity contribution in [3.8, 4) is 22.8 Å². The Kier molecular flexibility index (Phi) is 5.68. The van der Waals surface area contributed by atoms with E-state index in [9.17, 15) is 9.18 Å². The number of nitrogens with zero attached hydrogens (tertiary/aromatic N) is 5. The molecule has 9 nitrogen and oxygen atoms in total. The van der Waals surface area contributed by atoms with E-state index in [-0.39, 0.29) is 17.3 Å². The van der Waals surface area contributed by atoms with Crippen LogP contribution in [0, 0.1) is 5.82 Å². The van der Waals surface area contributed by atoms with E-state index in [2.05, 4.69) is 15.1 Å². The zero-order valence-electron chi connectivity index (χ0n) is 18.4. The van der Waals surface area contributed by atoms with E-state index in [0.717, 1.165) is 0 Å². The second kappa shape index (κ2) is 9.10. The van der Waals surface area contributed by atoms with Gasteiger partial charge in [-0.1, -0.05) is 24.3 Å². The number of hydrogen-bond donors (Lipinski definition) is 2. The first kappa shape index (κ1) is 21.8. The van der Waals surface area contributed by atoms with Crippen LogP contribution in [-0.2, 0) is 4.79 Å². The van der Waals surface area contributed by atoms with Crippen LogP contribution in [-0.4, -0.2) is 37.1 Å². The Labute approximate surface area is 199 Å². The maximum Gasteiger partial charge on any atom is 0.266 e. The van der Waals surface area contributed by atoms with Crippen LogP contribution in [0.2, 0.25) is 0 Å². The lowest BCUT2D eigenvalue weighted by atomic mass is 10.1. The molecule has 0 bridgehead atoms. The summed E-state index contributed by atoms with van der Waals surface area (Å²) in [5.74, 6) is -0.266. The molecule has 4 aromatic rings. The summed E-state index contributed by atoms with van der Waals surface area (Å²) in [6.45, 7) is 0.484. The van der Waals surface area contributed by atoms with Gasteiger partial charge in [-0.15, -0.1) is 0 Å². The molecule has 1 aliphatic heterocycles. The highest BCUT2D eigenvalue weighted by Gasteiger charge is 2.19. The number of halogens is 1. The number of carbonyl (C=O) groups excluding carboxylic acids is 1. The van der Waals surface area contributed by atoms with Crippen molar-refractivity contribution in [2.24, 2.45) is 5.73 Å². The van der Waals surface area contributed by atoms with Crippen molar-refractivity contribution in [3.05, 3.63) is 90.8 Å². The predicted octanol–water partition coefficient (Wildman–Crippen LogP) is 3.68. The van der Waals surface area contributed by atoms with Crippen LogP contribution in [0.15, 0.2) is 85.0 Å². The molecule has 0 unspecified atom stereocenters. The number of allylic oxidation sites excluding steroid dienone is 2. The molecule has 1 aliphatic rings. The fourth-order valence-corrected chi connectivity index (χ4v) is 3.66. The molecule has 2 aromatic carbocycles. The van der Waals surface area contributed by atoms with Crippen LogP contribution in [0.1, 0.15) is 0 Å². The topological polar surface area (TPSA) is 125 Å². The summed E-state index contributed by atoms with van der Waals surface area (Å²) < 4.78 is 21.0. The van der Waals surface area contributed by atoms with Crippen LogP contribution < -0.4 is 16.2 Å². The lowest BCUT2D eigenvalue weighted by molar-refractivity contribution is -0.115. The second-order valence-electron chi connectivity index (χ2n) is 7.61. The summed E-state index contributed by atoms with van der Waals surface area (Å²) in [6, 6.07) is 13.1. The van der Waals surface area contributed by atoms with Gasteiger partial charge in [0.1, 0.15) is 29.3 Å². The van der Waals surface area contributed by atoms with E-state index >= 15 is 0 Å². The van der Waals surface area contributed by atoms with Gasteiger partial charge in [-0.05, 0) is 42.5 Å². The summed E-state index contributed by atoms with van der Waals surface area (Å²) in [7, 11) is 0. The molecule has 0 aliphatic carbocycles. The van der Waals surface area contributed by atoms with Crippen molar-refractivity contribution in [2.75, 3.05) is 12.3 Å². The summed E-state index contributed by atoms with van der Waals surface area (Å²) in [5, 5.41) is 5.16. The first-order valence-electron chi connectivity index (χ1n) is 10.6. The first-order chi connectivity index (χ1) is 17.0. The number of carbonyl (C=O) groups is 1. The highest BCUT2D eigenvalue weighted by molar-refractivity contribution is 6.00. The van der Waals surface area contributed by atoms with Crippen LogP contribution in [0.3, 0.4) is 0 Å². The number of ether oxygens (including phenoxy) is 1. The quantitative estimate of drug-likeness (QED) is 0.413. The summed E-state index contributed by atoms with van der Waals surface area (Å²) in [5.41, 5.74) is 13.7. The summed E-state index contributed by atoms with van der Waals surface area (Å²) in [6.07, 6.45) is 10.2. The maximum absolute atomic E-state index is 13.9. The average Bonchev–Trinajstić information content (AvgIpc) is 3.24. The van der Waals surface area contributed by atoms with Gasteiger partial charge in [-0.2, -0.15) is 5.10 Å². The Hall–Kier alpha value is -4.99. The number of amides is 1. The van der Waals surface area contributed by atoms with Crippen molar-refractivity contribution >= 4 is 29.0 Å². The fraction of sp³-hybridized carbons (Fsp3) is 0.0400. The number of benzene rings is 2. The van der Waals surface area contributed by atoms with Crippen LogP contribution in [0.25, 0.3) is 28.5 Å². The lowest BCUT2D eigenvalue weighted by Crippen LogP contribution is -2.29. The third kappa shape index (κ3) is 4.32. The predicted molar refractivity (Wildman–Crippen MR) is 130 cm³/mol. The van der Waals surface area contributed by atoms with E-state index in [0.29, 0.717) is 34.6 Å². The third-order valence-corrected chi connectivity index (χ3v) is 5.33. The minimum absolute atomic E-state index is 0.123. The van der Waals surface area contributed by atoms with E-state index in [1.807, 2.05) is 12.2 Å². The SMILES string of the molecule is NC(=O)C(=Cn1nc(-c2ccc(Oc3ccccc3F)cc2)c2c(N)ncnc21)N1C=CC=CC1. The molecule has 0 radical (unpaired) electrons. The van der Waals surface area contributed by atoms with E-state index in [4.69, 9.17) is 16.2 Å². The third-order valence-electron chi connectivity index (χ3n) is 5.33. The Morgan fingerprint density at radius 1 is 1.09 bits per heavy atom. The number of primary amides is 1. The zero-order valence-corrected chi connectivity index (χ0v) is 18.4. The van der Waals surface area contributed by atoms with Crippen LogP contribution in [0.4, 0.5) is 10.2 Å². The standard InChI is InChI=1S/C25H20FN7O2/c26-18-6-2-3-7-20(18)35-17-10-8-16(9-11-17)22-21-23(27)29-15-30-25(21)33(31-22)14-19(24(28)34)32-12-4-1-5-13-32/h1-12,14-15H,13H2,(H2,28,34)(H2,27,29,30). The van der Waals surface area contributed by atoms with Gasteiger partial charge in [0, 0.05) is 18.3 Å². The molecule has 1 amide bonds.